The van der Waals surface area contributed by atoms with Crippen LogP contribution in [0.3, 0.4) is 0 Å². The third kappa shape index (κ3) is 5.15. The van der Waals surface area contributed by atoms with Crippen LogP contribution < -0.4 is 4.90 Å². The van der Waals surface area contributed by atoms with Crippen LogP contribution >= 0.6 is 11.6 Å². The number of carbonyl (C=O) groups is 2. The van der Waals surface area contributed by atoms with Crippen molar-refractivity contribution in [3.63, 3.8) is 0 Å². The number of hydrogen-bond donors (Lipinski definition) is 0. The second-order valence-corrected chi connectivity index (χ2v) is 10.5. The maximum atomic E-state index is 13.5. The Bertz CT molecular complexity index is 1370. The lowest BCUT2D eigenvalue weighted by Gasteiger charge is -2.35. The molecule has 0 radical (unpaired) electrons. The number of para-hydroxylation sites is 1. The third-order valence-electron chi connectivity index (χ3n) is 7.78. The second kappa shape index (κ2) is 11.4. The average molecular weight is 557 g/mol. The summed E-state index contributed by atoms with van der Waals surface area (Å²) in [6, 6.07) is 9.26. The smallest absolute Gasteiger partial charge is 0.329 e. The van der Waals surface area contributed by atoms with Crippen LogP contribution in [0.15, 0.2) is 30.3 Å². The predicted molar refractivity (Wildman–Crippen MR) is 149 cm³/mol. The van der Waals surface area contributed by atoms with Crippen molar-refractivity contribution in [2.75, 3.05) is 32.7 Å². The van der Waals surface area contributed by atoms with Crippen molar-refractivity contribution in [2.24, 2.45) is 14.1 Å². The number of ether oxygens (including phenoxy) is 2. The molecule has 11 heteroatoms. The van der Waals surface area contributed by atoms with Crippen molar-refractivity contribution in [3.05, 3.63) is 64.2 Å². The van der Waals surface area contributed by atoms with E-state index < -0.39 is 11.5 Å². The molecule has 1 aliphatic rings. The van der Waals surface area contributed by atoms with Crippen molar-refractivity contribution in [1.82, 2.24) is 24.5 Å². The van der Waals surface area contributed by atoms with Gasteiger partial charge >= 0.3 is 11.9 Å². The molecular weight excluding hydrogens is 520 g/mol. The molecule has 4 rings (SSSR count). The first-order chi connectivity index (χ1) is 18.6. The molecule has 1 aromatic carbocycles. The number of halogens is 1. The predicted octanol–water partition coefficient (Wildman–Crippen LogP) is 3.06. The Morgan fingerprint density at radius 2 is 1.82 bits per heavy atom. The van der Waals surface area contributed by atoms with Crippen LogP contribution in [0.25, 0.3) is 0 Å². The molecule has 3 aromatic rings. The molecule has 2 aromatic heterocycles. The van der Waals surface area contributed by atoms with Crippen LogP contribution in [0.2, 0.25) is 0 Å². The number of anilines is 1. The van der Waals surface area contributed by atoms with E-state index in [9.17, 15) is 9.59 Å². The molecule has 210 valence electrons. The molecule has 0 bridgehead atoms. The fourth-order valence-electron chi connectivity index (χ4n) is 5.90. The number of rotatable bonds is 10. The topological polar surface area (TPSA) is 94.7 Å². The van der Waals surface area contributed by atoms with Gasteiger partial charge in [-0.3, -0.25) is 19.1 Å². The first kappa shape index (κ1) is 28.6. The van der Waals surface area contributed by atoms with E-state index in [1.165, 1.54) is 14.2 Å². The van der Waals surface area contributed by atoms with Crippen molar-refractivity contribution in [1.29, 1.82) is 0 Å². The number of aromatic nitrogens is 4. The van der Waals surface area contributed by atoms with E-state index in [4.69, 9.17) is 26.2 Å². The maximum Gasteiger partial charge on any atom is 0.329 e. The number of nitrogens with zero attached hydrogens (tertiary/aromatic N) is 6. The number of hydrogen-bond acceptors (Lipinski definition) is 8. The summed E-state index contributed by atoms with van der Waals surface area (Å²) in [5.74, 6) is -0.310. The average Bonchev–Trinajstić information content (AvgIpc) is 3.50. The largest absolute Gasteiger partial charge is 0.469 e. The van der Waals surface area contributed by atoms with E-state index in [-0.39, 0.29) is 18.4 Å². The standard InChI is InChI=1S/C28H37ClN6O4/c1-18-25(22(31-33(18)4)17-32(3)16-19-14-20(15-29)34(5)30-19)28(2)21-10-8-9-11-23(21)35(13-12-24(36)38-6)26(28)27(37)39-7/h8-11,14,26H,12-13,15-17H2,1-7H3. The van der Waals surface area contributed by atoms with E-state index in [0.717, 1.165) is 39.6 Å². The summed E-state index contributed by atoms with van der Waals surface area (Å²) in [6.07, 6.45) is 0.143. The van der Waals surface area contributed by atoms with Crippen LogP contribution in [-0.2, 0) is 57.5 Å². The molecule has 0 spiro atoms. The Hall–Kier alpha value is -3.37. The van der Waals surface area contributed by atoms with Gasteiger partial charge in [0, 0.05) is 50.7 Å². The number of methoxy groups -OCH3 is 2. The quantitative estimate of drug-likeness (QED) is 0.278. The summed E-state index contributed by atoms with van der Waals surface area (Å²) < 4.78 is 13.9. The van der Waals surface area contributed by atoms with Gasteiger partial charge in [0.05, 0.1) is 49.0 Å². The molecule has 0 aliphatic carbocycles. The van der Waals surface area contributed by atoms with E-state index >= 15 is 0 Å². The Morgan fingerprint density at radius 1 is 1.10 bits per heavy atom. The number of alkyl halides is 1. The summed E-state index contributed by atoms with van der Waals surface area (Å²) in [5.41, 5.74) is 5.77. The minimum atomic E-state index is -0.787. The van der Waals surface area contributed by atoms with Crippen LogP contribution in [0.4, 0.5) is 5.69 Å². The zero-order valence-electron chi connectivity index (χ0n) is 23.7. The zero-order valence-corrected chi connectivity index (χ0v) is 24.4. The van der Waals surface area contributed by atoms with Crippen LogP contribution in [0.5, 0.6) is 0 Å². The molecule has 10 nitrogen and oxygen atoms in total. The van der Waals surface area contributed by atoms with Gasteiger partial charge in [0.2, 0.25) is 0 Å². The van der Waals surface area contributed by atoms with E-state index in [0.29, 0.717) is 25.5 Å². The molecule has 0 saturated heterocycles. The first-order valence-corrected chi connectivity index (χ1v) is 13.4. The lowest BCUT2D eigenvalue weighted by atomic mass is 9.71. The van der Waals surface area contributed by atoms with Crippen LogP contribution in [0.1, 0.15) is 47.2 Å². The van der Waals surface area contributed by atoms with Gasteiger partial charge in [-0.2, -0.15) is 10.2 Å². The van der Waals surface area contributed by atoms with Gasteiger partial charge in [0.25, 0.3) is 0 Å². The highest BCUT2D eigenvalue weighted by Gasteiger charge is 2.55. The SMILES string of the molecule is COC(=O)CCN1c2ccccc2C(C)(c2c(CN(C)Cc3cc(CCl)n(C)n3)nn(C)c2C)C1C(=O)OC. The Labute approximate surface area is 234 Å². The summed E-state index contributed by atoms with van der Waals surface area (Å²) in [7, 11) is 8.59. The van der Waals surface area contributed by atoms with Crippen molar-refractivity contribution in [2.45, 2.75) is 50.7 Å². The Balaban J connectivity index is 1.78. The van der Waals surface area contributed by atoms with Crippen molar-refractivity contribution < 1.29 is 19.1 Å². The van der Waals surface area contributed by atoms with E-state index in [1.54, 1.807) is 4.68 Å². The molecule has 2 atom stereocenters. The lowest BCUT2D eigenvalue weighted by molar-refractivity contribution is -0.144. The van der Waals surface area contributed by atoms with Gasteiger partial charge in [-0.15, -0.1) is 11.6 Å². The number of carbonyl (C=O) groups excluding carboxylic acids is 2. The molecule has 2 unspecified atom stereocenters. The van der Waals surface area contributed by atoms with E-state index in [1.807, 2.05) is 68.0 Å². The molecule has 39 heavy (non-hydrogen) atoms. The fourth-order valence-corrected chi connectivity index (χ4v) is 6.15. The van der Waals surface area contributed by atoms with Gasteiger partial charge in [0.1, 0.15) is 6.04 Å². The van der Waals surface area contributed by atoms with Crippen LogP contribution in [0, 0.1) is 6.92 Å². The number of aryl methyl sites for hydroxylation is 2. The molecule has 0 amide bonds. The third-order valence-corrected chi connectivity index (χ3v) is 8.06. The molecule has 0 fully saturated rings. The fraction of sp³-hybridized carbons (Fsp3) is 0.500. The number of fused-ring (bicyclic) bond motifs is 1. The van der Waals surface area contributed by atoms with Crippen LogP contribution in [-0.4, -0.2) is 70.3 Å². The van der Waals surface area contributed by atoms with Gasteiger partial charge < -0.3 is 14.4 Å². The van der Waals surface area contributed by atoms with Gasteiger partial charge in [-0.1, -0.05) is 18.2 Å². The molecule has 1 aliphatic heterocycles. The lowest BCUT2D eigenvalue weighted by Crippen LogP contribution is -2.51. The monoisotopic (exact) mass is 556 g/mol. The number of esters is 2. The molecule has 0 saturated carbocycles. The van der Waals surface area contributed by atoms with Gasteiger partial charge in [0.15, 0.2) is 0 Å². The second-order valence-electron chi connectivity index (χ2n) is 10.3. The minimum absolute atomic E-state index is 0.143. The van der Waals surface area contributed by atoms with Crippen molar-refractivity contribution in [3.8, 4) is 0 Å². The highest BCUT2D eigenvalue weighted by atomic mass is 35.5. The number of benzene rings is 1. The highest BCUT2D eigenvalue weighted by Crippen LogP contribution is 2.51. The molecule has 0 N–H and O–H groups in total. The minimum Gasteiger partial charge on any atom is -0.469 e. The Morgan fingerprint density at radius 3 is 2.46 bits per heavy atom. The Kier molecular flexibility index (Phi) is 8.37. The maximum absolute atomic E-state index is 13.5. The van der Waals surface area contributed by atoms with Gasteiger partial charge in [-0.25, -0.2) is 4.79 Å². The first-order valence-electron chi connectivity index (χ1n) is 12.9. The zero-order chi connectivity index (χ0) is 28.5. The highest BCUT2D eigenvalue weighted by molar-refractivity contribution is 6.16. The summed E-state index contributed by atoms with van der Waals surface area (Å²) >= 11 is 6.04. The summed E-state index contributed by atoms with van der Waals surface area (Å²) in [5, 5.41) is 9.50. The molecule has 3 heterocycles. The molecular formula is C28H37ClN6O4. The van der Waals surface area contributed by atoms with Crippen molar-refractivity contribution >= 4 is 29.2 Å². The van der Waals surface area contributed by atoms with E-state index in [2.05, 4.69) is 16.9 Å². The van der Waals surface area contributed by atoms with Gasteiger partial charge in [-0.05, 0) is 38.6 Å². The summed E-state index contributed by atoms with van der Waals surface area (Å²) in [4.78, 5) is 29.7. The normalized spacial score (nSPS) is 18.5. The summed E-state index contributed by atoms with van der Waals surface area (Å²) in [6.45, 7) is 5.56.